The van der Waals surface area contributed by atoms with E-state index in [9.17, 15) is 17.4 Å². The van der Waals surface area contributed by atoms with Crippen LogP contribution in [-0.4, -0.2) is 27.1 Å². The zero-order valence-electron chi connectivity index (χ0n) is 9.73. The van der Waals surface area contributed by atoms with Crippen LogP contribution in [0.2, 0.25) is 0 Å². The summed E-state index contributed by atoms with van der Waals surface area (Å²) < 4.78 is 52.9. The molecule has 0 aromatic rings. The van der Waals surface area contributed by atoms with Crippen molar-refractivity contribution in [1.29, 1.82) is 0 Å². The van der Waals surface area contributed by atoms with Crippen molar-refractivity contribution in [2.75, 3.05) is 0 Å². The maximum atomic E-state index is 13.4. The predicted octanol–water partition coefficient (Wildman–Crippen LogP) is 2.56. The summed E-state index contributed by atoms with van der Waals surface area (Å²) in [6.07, 6.45) is -2.72. The molecule has 0 radical (unpaired) electrons. The van der Waals surface area contributed by atoms with Gasteiger partial charge in [0.1, 0.15) is 6.17 Å². The van der Waals surface area contributed by atoms with Gasteiger partial charge in [0.05, 0.1) is 21.8 Å². The molecule has 3 atom stereocenters. The summed E-state index contributed by atoms with van der Waals surface area (Å²) in [6.45, 7) is 5.25. The van der Waals surface area contributed by atoms with Crippen molar-refractivity contribution < 1.29 is 17.4 Å². The lowest BCUT2D eigenvalue weighted by atomic mass is 9.91. The Labute approximate surface area is 96.6 Å². The van der Waals surface area contributed by atoms with E-state index in [4.69, 9.17) is 0 Å². The molecule has 2 nitrogen and oxygen atoms in total. The summed E-state index contributed by atoms with van der Waals surface area (Å²) >= 11 is 0. The standard InChI is InChI=1S/C10H18F3NOS/c1-9(2,3)16(15)14-8-4-5-10(12,13)6-7(8)11/h7-8,14H,4-6H2,1-3H3. The minimum absolute atomic E-state index is 0.0238. The van der Waals surface area contributed by atoms with Gasteiger partial charge in [0.2, 0.25) is 0 Å². The quantitative estimate of drug-likeness (QED) is 0.809. The largest absolute Gasteiger partial charge is 0.251 e. The number of hydrogen-bond donors (Lipinski definition) is 1. The van der Waals surface area contributed by atoms with Crippen LogP contribution in [0.4, 0.5) is 13.2 Å². The Hall–Kier alpha value is -0.100. The molecule has 0 aromatic carbocycles. The minimum Gasteiger partial charge on any atom is -0.245 e. The van der Waals surface area contributed by atoms with Crippen LogP contribution in [0.5, 0.6) is 0 Å². The fourth-order valence-electron chi connectivity index (χ4n) is 1.52. The molecule has 6 heteroatoms. The SMILES string of the molecule is CC(C)(C)S(=O)NC1CCC(F)(F)CC1F. The van der Waals surface area contributed by atoms with Gasteiger partial charge in [-0.2, -0.15) is 0 Å². The highest BCUT2D eigenvalue weighted by Crippen LogP contribution is 2.35. The molecule has 1 saturated carbocycles. The zero-order valence-corrected chi connectivity index (χ0v) is 10.5. The first-order valence-corrected chi connectivity index (χ1v) is 6.47. The van der Waals surface area contributed by atoms with Gasteiger partial charge < -0.3 is 0 Å². The zero-order chi connectivity index (χ0) is 12.6. The molecule has 0 bridgehead atoms. The van der Waals surface area contributed by atoms with Crippen molar-refractivity contribution in [3.8, 4) is 0 Å². The van der Waals surface area contributed by atoms with Crippen LogP contribution in [0, 0.1) is 0 Å². The first-order valence-electron chi connectivity index (χ1n) is 5.32. The molecule has 1 rings (SSSR count). The van der Waals surface area contributed by atoms with Crippen molar-refractivity contribution in [2.24, 2.45) is 0 Å². The van der Waals surface area contributed by atoms with Crippen LogP contribution in [0.25, 0.3) is 0 Å². The highest BCUT2D eigenvalue weighted by molar-refractivity contribution is 7.84. The normalized spacial score (nSPS) is 32.4. The molecule has 1 aliphatic carbocycles. The lowest BCUT2D eigenvalue weighted by molar-refractivity contribution is -0.0652. The van der Waals surface area contributed by atoms with E-state index in [1.165, 1.54) is 0 Å². The maximum absolute atomic E-state index is 13.4. The molecular formula is C10H18F3NOS. The molecule has 1 N–H and O–H groups in total. The van der Waals surface area contributed by atoms with Gasteiger partial charge in [0.15, 0.2) is 0 Å². The number of nitrogens with one attached hydrogen (secondary N) is 1. The molecule has 1 aliphatic rings. The Morgan fingerprint density at radius 3 is 2.38 bits per heavy atom. The fourth-order valence-corrected chi connectivity index (χ4v) is 2.42. The highest BCUT2D eigenvalue weighted by atomic mass is 32.2. The third-order valence-electron chi connectivity index (χ3n) is 2.57. The topological polar surface area (TPSA) is 29.1 Å². The first kappa shape index (κ1) is 14.0. The highest BCUT2D eigenvalue weighted by Gasteiger charge is 2.42. The van der Waals surface area contributed by atoms with E-state index in [1.54, 1.807) is 20.8 Å². The van der Waals surface area contributed by atoms with Crippen LogP contribution < -0.4 is 4.72 Å². The van der Waals surface area contributed by atoms with Gasteiger partial charge in [-0.05, 0) is 27.2 Å². The lowest BCUT2D eigenvalue weighted by Crippen LogP contribution is -2.49. The van der Waals surface area contributed by atoms with Crippen molar-refractivity contribution in [2.45, 2.75) is 62.9 Å². The molecule has 0 saturated heterocycles. The number of rotatable bonds is 2. The Balaban J connectivity index is 2.55. The van der Waals surface area contributed by atoms with Crippen LogP contribution in [-0.2, 0) is 11.0 Å². The van der Waals surface area contributed by atoms with E-state index in [2.05, 4.69) is 4.72 Å². The smallest absolute Gasteiger partial charge is 0.245 e. The van der Waals surface area contributed by atoms with Gasteiger partial charge in [-0.25, -0.2) is 22.1 Å². The second-order valence-corrected chi connectivity index (χ2v) is 7.22. The number of halogens is 3. The molecule has 16 heavy (non-hydrogen) atoms. The average Bonchev–Trinajstić information content (AvgIpc) is 2.07. The summed E-state index contributed by atoms with van der Waals surface area (Å²) in [5, 5.41) is 0. The van der Waals surface area contributed by atoms with Crippen molar-refractivity contribution >= 4 is 11.0 Å². The van der Waals surface area contributed by atoms with Gasteiger partial charge in [0.25, 0.3) is 5.92 Å². The monoisotopic (exact) mass is 257 g/mol. The number of alkyl halides is 3. The second kappa shape index (κ2) is 4.64. The molecule has 0 aromatic heterocycles. The third-order valence-corrected chi connectivity index (χ3v) is 4.20. The Morgan fingerprint density at radius 2 is 1.94 bits per heavy atom. The minimum atomic E-state index is -2.92. The average molecular weight is 257 g/mol. The number of hydrogen-bond acceptors (Lipinski definition) is 1. The van der Waals surface area contributed by atoms with E-state index in [0.717, 1.165) is 0 Å². The summed E-state index contributed by atoms with van der Waals surface area (Å²) in [4.78, 5) is 0. The Kier molecular flexibility index (Phi) is 4.05. The van der Waals surface area contributed by atoms with Gasteiger partial charge in [-0.3, -0.25) is 0 Å². The maximum Gasteiger partial charge on any atom is 0.251 e. The van der Waals surface area contributed by atoms with Crippen molar-refractivity contribution in [3.05, 3.63) is 0 Å². The first-order chi connectivity index (χ1) is 7.12. The van der Waals surface area contributed by atoms with Crippen LogP contribution in [0.1, 0.15) is 40.0 Å². The molecule has 96 valence electrons. The second-order valence-electron chi connectivity index (χ2n) is 5.22. The Bertz CT molecular complexity index is 278. The fraction of sp³-hybridized carbons (Fsp3) is 1.00. The van der Waals surface area contributed by atoms with Crippen LogP contribution in [0.3, 0.4) is 0 Å². The summed E-state index contributed by atoms with van der Waals surface area (Å²) in [6, 6.07) is -0.723. The van der Waals surface area contributed by atoms with E-state index in [-0.39, 0.29) is 12.8 Å². The Morgan fingerprint density at radius 1 is 1.38 bits per heavy atom. The molecule has 3 unspecified atom stereocenters. The summed E-state index contributed by atoms with van der Waals surface area (Å²) in [5.74, 6) is -2.92. The van der Waals surface area contributed by atoms with Gasteiger partial charge >= 0.3 is 0 Å². The van der Waals surface area contributed by atoms with E-state index >= 15 is 0 Å². The van der Waals surface area contributed by atoms with E-state index in [1.807, 2.05) is 0 Å². The summed E-state index contributed by atoms with van der Waals surface area (Å²) in [5.41, 5.74) is 0. The van der Waals surface area contributed by atoms with Crippen molar-refractivity contribution in [1.82, 2.24) is 4.72 Å². The van der Waals surface area contributed by atoms with Crippen LogP contribution >= 0.6 is 0 Å². The summed E-state index contributed by atoms with van der Waals surface area (Å²) in [7, 11) is -1.42. The molecular weight excluding hydrogens is 239 g/mol. The van der Waals surface area contributed by atoms with Gasteiger partial charge in [0, 0.05) is 12.8 Å². The van der Waals surface area contributed by atoms with E-state index in [0.29, 0.717) is 0 Å². The van der Waals surface area contributed by atoms with Crippen molar-refractivity contribution in [3.63, 3.8) is 0 Å². The molecule has 0 amide bonds. The third kappa shape index (κ3) is 3.73. The molecule has 0 aliphatic heterocycles. The lowest BCUT2D eigenvalue weighted by Gasteiger charge is -2.33. The van der Waals surface area contributed by atoms with Crippen LogP contribution in [0.15, 0.2) is 0 Å². The predicted molar refractivity (Wildman–Crippen MR) is 58.5 cm³/mol. The molecule has 0 spiro atoms. The van der Waals surface area contributed by atoms with Gasteiger partial charge in [-0.1, -0.05) is 0 Å². The van der Waals surface area contributed by atoms with E-state index < -0.39 is 40.3 Å². The molecule has 0 heterocycles. The van der Waals surface area contributed by atoms with Gasteiger partial charge in [-0.15, -0.1) is 0 Å². The molecule has 1 fully saturated rings.